The van der Waals surface area contributed by atoms with Gasteiger partial charge in [-0.05, 0) is 41.2 Å². The number of fused-ring (bicyclic) bond motifs is 1. The summed E-state index contributed by atoms with van der Waals surface area (Å²) in [5, 5.41) is 2.94. The van der Waals surface area contributed by atoms with E-state index >= 15 is 0 Å². The van der Waals surface area contributed by atoms with Crippen LogP contribution in [0, 0.1) is 0 Å². The van der Waals surface area contributed by atoms with Gasteiger partial charge in [-0.1, -0.05) is 19.2 Å². The fraction of sp³-hybridized carbons (Fsp3) is 0.333. The summed E-state index contributed by atoms with van der Waals surface area (Å²) in [6.45, 7) is 5.45. The van der Waals surface area contributed by atoms with Gasteiger partial charge in [-0.25, -0.2) is 0 Å². The number of aromatic amines is 1. The number of nitrogens with two attached hydrogens (primary N) is 1. The second kappa shape index (κ2) is 4.21. The summed E-state index contributed by atoms with van der Waals surface area (Å²) < 4.78 is 0. The lowest BCUT2D eigenvalue weighted by Gasteiger charge is -2.03. The first kappa shape index (κ1) is 10.5. The highest BCUT2D eigenvalue weighted by Crippen LogP contribution is 2.14. The molecule has 3 N–H and O–H groups in total. The molecular weight excluding hydrogens is 200 g/mol. The summed E-state index contributed by atoms with van der Waals surface area (Å²) >= 11 is 0. The van der Waals surface area contributed by atoms with Crippen molar-refractivity contribution in [2.45, 2.75) is 19.5 Å². The van der Waals surface area contributed by atoms with Crippen LogP contribution in [-0.4, -0.2) is 20.3 Å². The number of H-pyrrole nitrogens is 1. The molecule has 0 saturated heterocycles. The maximum atomic E-state index is 5.58. The summed E-state index contributed by atoms with van der Waals surface area (Å²) in [6, 6.07) is 6.62. The molecule has 2 nitrogen and oxygen atoms in total. The molecule has 0 aliphatic heterocycles. The van der Waals surface area contributed by atoms with Crippen molar-refractivity contribution in [1.82, 2.24) is 4.98 Å². The third kappa shape index (κ3) is 1.98. The van der Waals surface area contributed by atoms with Gasteiger partial charge in [-0.2, -0.15) is 0 Å². The number of hydrogen-bond acceptors (Lipinski definition) is 1. The predicted octanol–water partition coefficient (Wildman–Crippen LogP) is 1.36. The standard InChI is InChI=1S/C12H18N2Si/c1-15(2)12-8-14-11-4-3-9(5-6-13)7-10(11)12/h3-4,7-8,14-15H,5-6,13H2,1-2H3. The van der Waals surface area contributed by atoms with Crippen molar-refractivity contribution in [3.63, 3.8) is 0 Å². The van der Waals surface area contributed by atoms with E-state index < -0.39 is 8.80 Å². The van der Waals surface area contributed by atoms with Crippen LogP contribution in [0.5, 0.6) is 0 Å². The molecule has 1 aromatic heterocycles. The zero-order chi connectivity index (χ0) is 10.8. The van der Waals surface area contributed by atoms with E-state index in [9.17, 15) is 0 Å². The molecule has 0 unspecified atom stereocenters. The molecule has 2 rings (SSSR count). The zero-order valence-corrected chi connectivity index (χ0v) is 10.5. The highest BCUT2D eigenvalue weighted by Gasteiger charge is 2.08. The average molecular weight is 218 g/mol. The van der Waals surface area contributed by atoms with Crippen molar-refractivity contribution in [1.29, 1.82) is 0 Å². The highest BCUT2D eigenvalue weighted by atomic mass is 28.3. The van der Waals surface area contributed by atoms with Gasteiger partial charge in [0, 0.05) is 11.7 Å². The smallest absolute Gasteiger partial charge is 0.0675 e. The molecule has 2 aromatic rings. The Labute approximate surface area is 92.1 Å². The van der Waals surface area contributed by atoms with E-state index in [2.05, 4.69) is 42.5 Å². The Bertz CT molecular complexity index is 460. The molecule has 0 saturated carbocycles. The van der Waals surface area contributed by atoms with Crippen molar-refractivity contribution in [2.24, 2.45) is 5.73 Å². The Morgan fingerprint density at radius 1 is 1.33 bits per heavy atom. The van der Waals surface area contributed by atoms with Gasteiger partial charge in [-0.3, -0.25) is 0 Å². The Morgan fingerprint density at radius 3 is 2.80 bits per heavy atom. The zero-order valence-electron chi connectivity index (χ0n) is 9.38. The molecule has 0 aliphatic carbocycles. The van der Waals surface area contributed by atoms with E-state index in [-0.39, 0.29) is 0 Å². The van der Waals surface area contributed by atoms with Gasteiger partial charge in [0.1, 0.15) is 0 Å². The Morgan fingerprint density at radius 2 is 2.13 bits per heavy atom. The van der Waals surface area contributed by atoms with Crippen molar-refractivity contribution in [3.05, 3.63) is 30.0 Å². The van der Waals surface area contributed by atoms with Gasteiger partial charge in [-0.15, -0.1) is 0 Å². The number of benzene rings is 1. The molecule has 1 heterocycles. The normalized spacial score (nSPS) is 11.5. The van der Waals surface area contributed by atoms with Crippen molar-refractivity contribution < 1.29 is 0 Å². The van der Waals surface area contributed by atoms with Crippen LogP contribution in [0.2, 0.25) is 13.1 Å². The molecule has 0 atom stereocenters. The second-order valence-corrected chi connectivity index (χ2v) is 7.25. The SMILES string of the molecule is C[SiH](C)c1c[nH]c2ccc(CCN)cc12. The maximum Gasteiger partial charge on any atom is 0.0675 e. The van der Waals surface area contributed by atoms with Gasteiger partial charge < -0.3 is 10.7 Å². The lowest BCUT2D eigenvalue weighted by atomic mass is 10.1. The minimum absolute atomic E-state index is 0.727. The highest BCUT2D eigenvalue weighted by molar-refractivity contribution is 6.73. The first-order valence-corrected chi connectivity index (χ1v) is 8.41. The van der Waals surface area contributed by atoms with Gasteiger partial charge >= 0.3 is 0 Å². The molecule has 3 heteroatoms. The summed E-state index contributed by atoms with van der Waals surface area (Å²) in [6.07, 6.45) is 3.15. The molecule has 80 valence electrons. The molecule has 0 radical (unpaired) electrons. The van der Waals surface area contributed by atoms with Gasteiger partial charge in [0.15, 0.2) is 0 Å². The van der Waals surface area contributed by atoms with Gasteiger partial charge in [0.05, 0.1) is 8.80 Å². The minimum atomic E-state index is -0.733. The number of nitrogens with one attached hydrogen (secondary N) is 1. The lowest BCUT2D eigenvalue weighted by molar-refractivity contribution is 0.971. The average Bonchev–Trinajstić information content (AvgIpc) is 2.61. The van der Waals surface area contributed by atoms with Crippen LogP contribution in [0.25, 0.3) is 10.9 Å². The van der Waals surface area contributed by atoms with Crippen LogP contribution in [0.3, 0.4) is 0 Å². The van der Waals surface area contributed by atoms with E-state index in [0.29, 0.717) is 0 Å². The van der Waals surface area contributed by atoms with E-state index in [0.717, 1.165) is 13.0 Å². The van der Waals surface area contributed by atoms with Crippen molar-refractivity contribution in [2.75, 3.05) is 6.54 Å². The maximum absolute atomic E-state index is 5.58. The van der Waals surface area contributed by atoms with Crippen LogP contribution in [0.15, 0.2) is 24.4 Å². The van der Waals surface area contributed by atoms with Crippen LogP contribution < -0.4 is 10.9 Å². The Kier molecular flexibility index (Phi) is 2.93. The molecular formula is C12H18N2Si. The third-order valence-electron chi connectivity index (χ3n) is 2.83. The summed E-state index contributed by atoms with van der Waals surface area (Å²) in [4.78, 5) is 3.34. The Hall–Kier alpha value is -1.06. The minimum Gasteiger partial charge on any atom is -0.361 e. The van der Waals surface area contributed by atoms with E-state index in [4.69, 9.17) is 5.73 Å². The van der Waals surface area contributed by atoms with Crippen LogP contribution in [0.4, 0.5) is 0 Å². The van der Waals surface area contributed by atoms with E-state index in [1.807, 2.05) is 0 Å². The monoisotopic (exact) mass is 218 g/mol. The van der Waals surface area contributed by atoms with Crippen LogP contribution in [-0.2, 0) is 6.42 Å². The first-order chi connectivity index (χ1) is 7.22. The largest absolute Gasteiger partial charge is 0.361 e. The molecule has 15 heavy (non-hydrogen) atoms. The molecule has 0 fully saturated rings. The summed E-state index contributed by atoms with van der Waals surface area (Å²) in [5.41, 5.74) is 8.18. The summed E-state index contributed by atoms with van der Waals surface area (Å²) in [5.74, 6) is 0. The fourth-order valence-electron chi connectivity index (χ4n) is 1.99. The third-order valence-corrected chi connectivity index (χ3v) is 4.55. The molecule has 1 aromatic carbocycles. The van der Waals surface area contributed by atoms with E-state index in [1.54, 1.807) is 0 Å². The fourth-order valence-corrected chi connectivity index (χ4v) is 3.27. The topological polar surface area (TPSA) is 41.8 Å². The number of rotatable bonds is 3. The quantitative estimate of drug-likeness (QED) is 0.751. The first-order valence-electron chi connectivity index (χ1n) is 5.52. The van der Waals surface area contributed by atoms with Crippen LogP contribution >= 0.6 is 0 Å². The number of hydrogen-bond donors (Lipinski definition) is 2. The van der Waals surface area contributed by atoms with Crippen LogP contribution in [0.1, 0.15) is 5.56 Å². The van der Waals surface area contributed by atoms with Gasteiger partial charge in [0.25, 0.3) is 0 Å². The molecule has 0 spiro atoms. The lowest BCUT2D eigenvalue weighted by Crippen LogP contribution is -2.21. The number of aromatic nitrogens is 1. The predicted molar refractivity (Wildman–Crippen MR) is 69.6 cm³/mol. The van der Waals surface area contributed by atoms with Crippen molar-refractivity contribution in [3.8, 4) is 0 Å². The Balaban J connectivity index is 2.51. The van der Waals surface area contributed by atoms with Crippen molar-refractivity contribution >= 4 is 24.9 Å². The molecule has 0 bridgehead atoms. The molecule has 0 aliphatic rings. The summed E-state index contributed by atoms with van der Waals surface area (Å²) in [7, 11) is -0.733. The van der Waals surface area contributed by atoms with Gasteiger partial charge in [0.2, 0.25) is 0 Å². The molecule has 0 amide bonds. The second-order valence-electron chi connectivity index (χ2n) is 4.32. The van der Waals surface area contributed by atoms with E-state index in [1.165, 1.54) is 21.7 Å².